The number of likely N-dealkylation sites (tertiary alicyclic amines) is 1. The Kier molecular flexibility index (Phi) is 4.34. The van der Waals surface area contributed by atoms with Crippen LogP contribution in [0.4, 0.5) is 0 Å². The van der Waals surface area contributed by atoms with Crippen LogP contribution >= 0.6 is 0 Å². The molecule has 1 spiro atoms. The van der Waals surface area contributed by atoms with Crippen molar-refractivity contribution in [2.45, 2.75) is 37.6 Å². The van der Waals surface area contributed by atoms with Gasteiger partial charge < -0.3 is 15.2 Å². The molecule has 2 N–H and O–H groups in total. The van der Waals surface area contributed by atoms with Crippen molar-refractivity contribution >= 4 is 11.8 Å². The monoisotopic (exact) mass is 365 g/mol. The maximum Gasteiger partial charge on any atom is 0.259 e. The normalized spacial score (nSPS) is 21.3. The number of nitrogens with one attached hydrogen (secondary N) is 2. The van der Waals surface area contributed by atoms with Crippen molar-refractivity contribution in [1.82, 2.24) is 15.2 Å². The minimum atomic E-state index is -0.256. The Morgan fingerprint density at radius 1 is 1.15 bits per heavy atom. The molecule has 0 saturated carbocycles. The number of aryl methyl sites for hydroxylation is 1. The highest BCUT2D eigenvalue weighted by molar-refractivity contribution is 5.94. The second-order valence-corrected chi connectivity index (χ2v) is 7.62. The van der Waals surface area contributed by atoms with Gasteiger partial charge in [-0.2, -0.15) is 0 Å². The number of carbonyl (C=O) groups excluding carboxylic acids is 2. The number of aromatic nitrogens is 1. The molecule has 2 amide bonds. The van der Waals surface area contributed by atoms with Crippen molar-refractivity contribution in [3.8, 4) is 0 Å². The molecule has 0 unspecified atom stereocenters. The number of pyridine rings is 1. The van der Waals surface area contributed by atoms with Gasteiger partial charge in [0.25, 0.3) is 5.91 Å². The van der Waals surface area contributed by atoms with Gasteiger partial charge in [-0.25, -0.2) is 0 Å². The van der Waals surface area contributed by atoms with Crippen molar-refractivity contribution in [3.05, 3.63) is 69.6 Å². The molecule has 0 aliphatic carbocycles. The minimum Gasteiger partial charge on any atom is -0.364 e. The quantitative estimate of drug-likeness (QED) is 0.854. The zero-order valence-corrected chi connectivity index (χ0v) is 15.3. The van der Waals surface area contributed by atoms with Gasteiger partial charge in [0.2, 0.25) is 5.91 Å². The predicted molar refractivity (Wildman–Crippen MR) is 102 cm³/mol. The molecule has 140 valence electrons. The second-order valence-electron chi connectivity index (χ2n) is 7.62. The van der Waals surface area contributed by atoms with Gasteiger partial charge in [0, 0.05) is 36.6 Å². The van der Waals surface area contributed by atoms with Gasteiger partial charge in [-0.05, 0) is 31.7 Å². The van der Waals surface area contributed by atoms with Crippen molar-refractivity contribution in [2.75, 3.05) is 13.1 Å². The first-order valence-corrected chi connectivity index (χ1v) is 9.33. The van der Waals surface area contributed by atoms with Crippen LogP contribution in [-0.4, -0.2) is 40.3 Å². The Labute approximate surface area is 157 Å². The molecule has 2 fully saturated rings. The highest BCUT2D eigenvalue weighted by Crippen LogP contribution is 2.39. The van der Waals surface area contributed by atoms with Crippen LogP contribution in [0.3, 0.4) is 0 Å². The van der Waals surface area contributed by atoms with Gasteiger partial charge >= 0.3 is 0 Å². The van der Waals surface area contributed by atoms with Crippen LogP contribution in [0.1, 0.15) is 46.8 Å². The fourth-order valence-electron chi connectivity index (χ4n) is 4.22. The van der Waals surface area contributed by atoms with E-state index in [0.717, 1.165) is 17.7 Å². The van der Waals surface area contributed by atoms with E-state index in [2.05, 4.69) is 10.3 Å². The maximum atomic E-state index is 12.7. The van der Waals surface area contributed by atoms with Crippen LogP contribution in [0.25, 0.3) is 0 Å². The van der Waals surface area contributed by atoms with Crippen LogP contribution in [0.5, 0.6) is 0 Å². The van der Waals surface area contributed by atoms with E-state index in [4.69, 9.17) is 0 Å². The highest BCUT2D eigenvalue weighted by atomic mass is 16.2. The molecule has 1 aromatic heterocycles. The number of rotatable bonds is 2. The van der Waals surface area contributed by atoms with E-state index < -0.39 is 0 Å². The standard InChI is InChI=1S/C21H23N3O3/c1-14-11-18(25)17(13-22-14)20(27)24-9-7-21(8-10-24)12-16(19(26)23-21)15-5-3-2-4-6-15/h2-6,11,13,16H,7-10,12H2,1H3,(H,22,25)(H,23,26)/t16-/m1/s1. The molecule has 2 aromatic rings. The van der Waals surface area contributed by atoms with Gasteiger partial charge in [-0.15, -0.1) is 0 Å². The van der Waals surface area contributed by atoms with Crippen molar-refractivity contribution in [3.63, 3.8) is 0 Å². The summed E-state index contributed by atoms with van der Waals surface area (Å²) < 4.78 is 0. The lowest BCUT2D eigenvalue weighted by molar-refractivity contribution is -0.121. The third-order valence-electron chi connectivity index (χ3n) is 5.80. The number of H-pyrrole nitrogens is 1. The summed E-state index contributed by atoms with van der Waals surface area (Å²) in [7, 11) is 0. The molecule has 2 aliphatic heterocycles. The molecule has 1 aromatic carbocycles. The first-order valence-electron chi connectivity index (χ1n) is 9.33. The number of piperidine rings is 1. The molecule has 0 radical (unpaired) electrons. The predicted octanol–water partition coefficient (Wildman–Crippen LogP) is 1.96. The molecule has 0 bridgehead atoms. The number of nitrogens with zero attached hydrogens (tertiary/aromatic N) is 1. The van der Waals surface area contributed by atoms with Crippen LogP contribution < -0.4 is 10.7 Å². The topological polar surface area (TPSA) is 82.3 Å². The van der Waals surface area contributed by atoms with Crippen molar-refractivity contribution in [1.29, 1.82) is 0 Å². The van der Waals surface area contributed by atoms with E-state index in [1.54, 1.807) is 11.8 Å². The van der Waals surface area contributed by atoms with E-state index in [9.17, 15) is 14.4 Å². The molecule has 2 saturated heterocycles. The zero-order valence-electron chi connectivity index (χ0n) is 15.3. The second kappa shape index (κ2) is 6.68. The summed E-state index contributed by atoms with van der Waals surface area (Å²) in [6.07, 6.45) is 3.66. The Bertz CT molecular complexity index is 927. The van der Waals surface area contributed by atoms with Gasteiger partial charge in [0.05, 0.1) is 5.92 Å². The van der Waals surface area contributed by atoms with E-state index in [-0.39, 0.29) is 34.3 Å². The molecule has 1 atom stereocenters. The number of benzene rings is 1. The fourth-order valence-corrected chi connectivity index (χ4v) is 4.22. The van der Waals surface area contributed by atoms with Gasteiger partial charge in [-0.3, -0.25) is 14.4 Å². The van der Waals surface area contributed by atoms with Gasteiger partial charge in [0.15, 0.2) is 5.43 Å². The van der Waals surface area contributed by atoms with Crippen LogP contribution in [0, 0.1) is 6.92 Å². The van der Waals surface area contributed by atoms with Crippen molar-refractivity contribution in [2.24, 2.45) is 0 Å². The third kappa shape index (κ3) is 3.27. The lowest BCUT2D eigenvalue weighted by Gasteiger charge is -2.39. The first-order chi connectivity index (χ1) is 13.0. The Balaban J connectivity index is 1.45. The molecule has 2 aliphatic rings. The Morgan fingerprint density at radius 2 is 1.85 bits per heavy atom. The average molecular weight is 365 g/mol. The van der Waals surface area contributed by atoms with Crippen LogP contribution in [0.15, 0.2) is 47.4 Å². The molecule has 6 heteroatoms. The highest BCUT2D eigenvalue weighted by Gasteiger charge is 2.46. The SMILES string of the molecule is Cc1cc(=O)c(C(=O)N2CCC3(CC2)C[C@H](c2ccccc2)C(=O)N3)c[nH]1. The van der Waals surface area contributed by atoms with Crippen LogP contribution in [0.2, 0.25) is 0 Å². The summed E-state index contributed by atoms with van der Waals surface area (Å²) in [5.41, 5.74) is 1.43. The molecule has 4 rings (SSSR count). The first kappa shape index (κ1) is 17.5. The van der Waals surface area contributed by atoms with E-state index in [1.807, 2.05) is 30.3 Å². The van der Waals surface area contributed by atoms with Crippen molar-refractivity contribution < 1.29 is 9.59 Å². The van der Waals surface area contributed by atoms with Gasteiger partial charge in [0.1, 0.15) is 5.56 Å². The van der Waals surface area contributed by atoms with E-state index in [1.165, 1.54) is 12.3 Å². The summed E-state index contributed by atoms with van der Waals surface area (Å²) in [4.78, 5) is 42.0. The number of aromatic amines is 1. The average Bonchev–Trinajstić information content (AvgIpc) is 2.98. The summed E-state index contributed by atoms with van der Waals surface area (Å²) in [5.74, 6) is -0.306. The Hall–Kier alpha value is -2.89. The lowest BCUT2D eigenvalue weighted by atomic mass is 9.82. The number of carbonyl (C=O) groups is 2. The summed E-state index contributed by atoms with van der Waals surface area (Å²) in [5, 5.41) is 3.19. The molecule has 27 heavy (non-hydrogen) atoms. The molecule has 3 heterocycles. The van der Waals surface area contributed by atoms with E-state index >= 15 is 0 Å². The third-order valence-corrected chi connectivity index (χ3v) is 5.80. The van der Waals surface area contributed by atoms with E-state index in [0.29, 0.717) is 25.9 Å². The number of amides is 2. The Morgan fingerprint density at radius 3 is 2.52 bits per heavy atom. The van der Waals surface area contributed by atoms with Gasteiger partial charge in [-0.1, -0.05) is 30.3 Å². The summed E-state index contributed by atoms with van der Waals surface area (Å²) in [6, 6.07) is 11.3. The molecular formula is C21H23N3O3. The fraction of sp³-hybridized carbons (Fsp3) is 0.381. The largest absolute Gasteiger partial charge is 0.364 e. The summed E-state index contributed by atoms with van der Waals surface area (Å²) in [6.45, 7) is 2.86. The summed E-state index contributed by atoms with van der Waals surface area (Å²) >= 11 is 0. The molecule has 6 nitrogen and oxygen atoms in total. The zero-order chi connectivity index (χ0) is 19.0. The lowest BCUT2D eigenvalue weighted by Crippen LogP contribution is -2.52. The number of hydrogen-bond acceptors (Lipinski definition) is 3. The van der Waals surface area contributed by atoms with Crippen LogP contribution in [-0.2, 0) is 4.79 Å². The molecular weight excluding hydrogens is 342 g/mol. The minimum absolute atomic E-state index is 0.0657. The number of hydrogen-bond donors (Lipinski definition) is 2. The maximum absolute atomic E-state index is 12.7. The smallest absolute Gasteiger partial charge is 0.259 e.